The minimum Gasteiger partial charge on any atom is -0.495 e. The highest BCUT2D eigenvalue weighted by Gasteiger charge is 2.68. The van der Waals surface area contributed by atoms with E-state index in [0.29, 0.717) is 36.9 Å². The number of piperazine rings is 1. The van der Waals surface area contributed by atoms with Crippen molar-refractivity contribution in [2.45, 2.75) is 31.1 Å². The van der Waals surface area contributed by atoms with Gasteiger partial charge in [0.2, 0.25) is 17.0 Å². The van der Waals surface area contributed by atoms with Crippen LogP contribution in [0, 0.1) is 11.0 Å². The summed E-state index contributed by atoms with van der Waals surface area (Å²) in [6.07, 6.45) is -3.22. The highest BCUT2D eigenvalue weighted by Crippen LogP contribution is 2.64. The molecule has 0 radical (unpaired) electrons. The summed E-state index contributed by atoms with van der Waals surface area (Å²) in [6.45, 7) is 3.05. The number of aliphatic imine (C=N–C) groups is 1. The summed E-state index contributed by atoms with van der Waals surface area (Å²) in [5, 5.41) is 11.0. The lowest BCUT2D eigenvalue weighted by molar-refractivity contribution is -0.139. The second-order valence-electron chi connectivity index (χ2n) is 10.3. The van der Waals surface area contributed by atoms with E-state index in [4.69, 9.17) is 9.47 Å². The second kappa shape index (κ2) is 10.00. The maximum atomic E-state index is 15.1. The zero-order valence-electron chi connectivity index (χ0n) is 22.7. The van der Waals surface area contributed by atoms with Crippen molar-refractivity contribution in [1.29, 1.82) is 0 Å². The molecule has 0 amide bonds. The first kappa shape index (κ1) is 28.0. The number of hydrogen-bond donors (Lipinski definition) is 1. The number of benzene rings is 1. The van der Waals surface area contributed by atoms with Gasteiger partial charge < -0.3 is 24.4 Å². The third-order valence-corrected chi connectivity index (χ3v) is 8.77. The van der Waals surface area contributed by atoms with Crippen molar-refractivity contribution in [3.8, 4) is 11.6 Å². The van der Waals surface area contributed by atoms with Gasteiger partial charge in [-0.2, -0.15) is 17.6 Å². The second-order valence-corrected chi connectivity index (χ2v) is 11.2. The average molecular weight is 607 g/mol. The molecule has 15 heteroatoms. The molecule has 3 aliphatic rings. The molecule has 1 N–H and O–H groups in total. The summed E-state index contributed by atoms with van der Waals surface area (Å²) in [6, 6.07) is 4.57. The van der Waals surface area contributed by atoms with E-state index in [-0.39, 0.29) is 35.5 Å². The number of ether oxygens (including phenoxy) is 2. The minimum absolute atomic E-state index is 0.00250. The van der Waals surface area contributed by atoms with Gasteiger partial charge in [-0.1, -0.05) is 0 Å². The standard InChI is InChI=1S/C27H26F4N6O4S/c1-14-11-35(6-7-36(14)20-9-21(41-3)33-13-32-20)25-34-22-17(12-42-23(22)28)26(10-16(26)24(38)39)37(25)18-8-15(27(29,30)31)4-5-19(18)40-2/h4-5,8-9,12-14,16H,6-7,10-11H2,1-3H3,(H,38,39)/t14-,16?,26?/m1/s1. The fourth-order valence-electron chi connectivity index (χ4n) is 5.93. The highest BCUT2D eigenvalue weighted by atomic mass is 32.1. The summed E-state index contributed by atoms with van der Waals surface area (Å²) in [5.74, 6) is -0.863. The first-order chi connectivity index (χ1) is 20.0. The van der Waals surface area contributed by atoms with Crippen LogP contribution in [-0.4, -0.2) is 71.8 Å². The molecule has 3 atom stereocenters. The SMILES string of the molecule is COc1cc(N2CCN(C3=Nc4c(csc4F)C4(CC4C(=O)O)N3c3cc(C(F)(F)F)ccc3OC)C[C@H]2C)ncn1. The molecule has 6 rings (SSSR count). The molecule has 1 aromatic carbocycles. The van der Waals surface area contributed by atoms with Crippen LogP contribution in [0.25, 0.3) is 0 Å². The first-order valence-electron chi connectivity index (χ1n) is 13.0. The molecule has 42 heavy (non-hydrogen) atoms. The number of fused-ring (bicyclic) bond motifs is 2. The van der Waals surface area contributed by atoms with Crippen LogP contribution in [-0.2, 0) is 16.5 Å². The number of carbonyl (C=O) groups is 1. The lowest BCUT2D eigenvalue weighted by atomic mass is 9.98. The number of anilines is 2. The summed E-state index contributed by atoms with van der Waals surface area (Å²) >= 11 is 0.784. The number of halogens is 4. The van der Waals surface area contributed by atoms with Crippen molar-refractivity contribution >= 4 is 40.5 Å². The van der Waals surface area contributed by atoms with Crippen molar-refractivity contribution in [2.75, 3.05) is 43.7 Å². The van der Waals surface area contributed by atoms with E-state index in [2.05, 4.69) is 15.0 Å². The maximum absolute atomic E-state index is 15.1. The summed E-state index contributed by atoms with van der Waals surface area (Å²) in [7, 11) is 2.83. The molecule has 2 unspecified atom stereocenters. The van der Waals surface area contributed by atoms with Gasteiger partial charge in [-0.15, -0.1) is 11.3 Å². The number of hydrogen-bond acceptors (Lipinski definition) is 10. The van der Waals surface area contributed by atoms with E-state index in [1.807, 2.05) is 16.7 Å². The van der Waals surface area contributed by atoms with Crippen molar-refractivity contribution in [1.82, 2.24) is 14.9 Å². The molecule has 2 aliphatic heterocycles. The Hall–Kier alpha value is -4.14. The highest BCUT2D eigenvalue weighted by molar-refractivity contribution is 7.08. The van der Waals surface area contributed by atoms with Crippen LogP contribution >= 0.6 is 11.3 Å². The van der Waals surface area contributed by atoms with Crippen LogP contribution in [0.15, 0.2) is 41.0 Å². The van der Waals surface area contributed by atoms with Gasteiger partial charge in [-0.25, -0.2) is 15.0 Å². The Morgan fingerprint density at radius 3 is 2.60 bits per heavy atom. The lowest BCUT2D eigenvalue weighted by Gasteiger charge is -2.47. The average Bonchev–Trinajstić information content (AvgIpc) is 3.59. The fourth-order valence-corrected chi connectivity index (χ4v) is 6.74. The Bertz CT molecular complexity index is 1580. The molecule has 10 nitrogen and oxygen atoms in total. The van der Waals surface area contributed by atoms with Crippen molar-refractivity contribution in [3.05, 3.63) is 52.2 Å². The van der Waals surface area contributed by atoms with E-state index in [9.17, 15) is 23.1 Å². The molecule has 3 aromatic rings. The van der Waals surface area contributed by atoms with Crippen LogP contribution in [0.2, 0.25) is 0 Å². The van der Waals surface area contributed by atoms with E-state index >= 15 is 4.39 Å². The molecule has 1 saturated heterocycles. The van der Waals surface area contributed by atoms with Gasteiger partial charge in [0.1, 0.15) is 23.6 Å². The molecule has 2 aromatic heterocycles. The number of alkyl halides is 3. The molecule has 4 heterocycles. The third-order valence-electron chi connectivity index (χ3n) is 8.02. The van der Waals surface area contributed by atoms with Gasteiger partial charge in [-0.05, 0) is 31.5 Å². The predicted octanol–water partition coefficient (Wildman–Crippen LogP) is 4.73. The number of thiophene rings is 1. The molecular formula is C27H26F4N6O4S. The van der Waals surface area contributed by atoms with Gasteiger partial charge in [0.25, 0.3) is 0 Å². The monoisotopic (exact) mass is 606 g/mol. The smallest absolute Gasteiger partial charge is 0.416 e. The number of rotatable bonds is 5. The van der Waals surface area contributed by atoms with Gasteiger partial charge in [0.05, 0.1) is 36.9 Å². The lowest BCUT2D eigenvalue weighted by Crippen LogP contribution is -2.60. The Kier molecular flexibility index (Phi) is 6.66. The van der Waals surface area contributed by atoms with E-state index in [1.54, 1.807) is 6.07 Å². The number of carboxylic acid groups (broad SMARTS) is 1. The minimum atomic E-state index is -4.67. The summed E-state index contributed by atoms with van der Waals surface area (Å²) in [4.78, 5) is 30.8. The maximum Gasteiger partial charge on any atom is 0.416 e. The zero-order chi connectivity index (χ0) is 30.0. The van der Waals surface area contributed by atoms with E-state index in [0.717, 1.165) is 23.5 Å². The molecule has 1 saturated carbocycles. The van der Waals surface area contributed by atoms with Crippen LogP contribution in [0.5, 0.6) is 11.6 Å². The van der Waals surface area contributed by atoms with Crippen molar-refractivity contribution < 1.29 is 36.9 Å². The van der Waals surface area contributed by atoms with Gasteiger partial charge in [-0.3, -0.25) is 9.69 Å². The summed E-state index contributed by atoms with van der Waals surface area (Å²) in [5.41, 5.74) is -1.94. The predicted molar refractivity (Wildman–Crippen MR) is 146 cm³/mol. The van der Waals surface area contributed by atoms with Gasteiger partial charge in [0.15, 0.2) is 0 Å². The third kappa shape index (κ3) is 4.37. The fraction of sp³-hybridized carbons (Fsp3) is 0.407. The van der Waals surface area contributed by atoms with Crippen molar-refractivity contribution in [2.24, 2.45) is 10.9 Å². The van der Waals surface area contributed by atoms with Crippen LogP contribution in [0.3, 0.4) is 0 Å². The van der Waals surface area contributed by atoms with Crippen LogP contribution in [0.1, 0.15) is 24.5 Å². The Labute approximate surface area is 241 Å². The number of nitrogens with zero attached hydrogens (tertiary/aromatic N) is 6. The van der Waals surface area contributed by atoms with Gasteiger partial charge >= 0.3 is 12.1 Å². The van der Waals surface area contributed by atoms with Crippen molar-refractivity contribution in [3.63, 3.8) is 0 Å². The Morgan fingerprint density at radius 1 is 1.17 bits per heavy atom. The Balaban J connectivity index is 1.47. The first-order valence-corrected chi connectivity index (χ1v) is 13.9. The number of aromatic nitrogens is 2. The molecule has 222 valence electrons. The Morgan fingerprint density at radius 2 is 1.95 bits per heavy atom. The summed E-state index contributed by atoms with van der Waals surface area (Å²) < 4.78 is 67.6. The molecular weight excluding hydrogens is 580 g/mol. The molecule has 0 bridgehead atoms. The molecule has 1 aliphatic carbocycles. The topological polar surface area (TPSA) is 104 Å². The molecule has 2 fully saturated rings. The van der Waals surface area contributed by atoms with Crippen LogP contribution in [0.4, 0.5) is 34.8 Å². The number of aliphatic carboxylic acids is 1. The normalized spacial score (nSPS) is 23.5. The zero-order valence-corrected chi connectivity index (χ0v) is 23.5. The largest absolute Gasteiger partial charge is 0.495 e. The quantitative estimate of drug-likeness (QED) is 0.413. The van der Waals surface area contributed by atoms with E-state index in [1.165, 1.54) is 36.9 Å². The van der Waals surface area contributed by atoms with E-state index < -0.39 is 34.3 Å². The number of guanidine groups is 1. The number of carboxylic acids is 1. The van der Waals surface area contributed by atoms with Crippen LogP contribution < -0.4 is 19.3 Å². The van der Waals surface area contributed by atoms with Gasteiger partial charge in [0, 0.05) is 42.7 Å². The number of methoxy groups -OCH3 is 2. The molecule has 1 spiro atoms.